The van der Waals surface area contributed by atoms with Gasteiger partial charge in [-0.25, -0.2) is 8.42 Å². The molecule has 0 bridgehead atoms. The molecule has 0 heterocycles. The Morgan fingerprint density at radius 3 is 2.17 bits per heavy atom. The number of anilines is 1. The fourth-order valence-electron chi connectivity index (χ4n) is 5.02. The fourth-order valence-corrected chi connectivity index (χ4v) is 6.42. The fraction of sp³-hybridized carbons (Fsp3) is 0.257. The molecule has 47 heavy (non-hydrogen) atoms. The van der Waals surface area contributed by atoms with E-state index in [2.05, 4.69) is 5.32 Å². The predicted octanol–water partition coefficient (Wildman–Crippen LogP) is 5.99. The number of carbonyl (C=O) groups excluding carboxylic acids is 2. The van der Waals surface area contributed by atoms with E-state index in [9.17, 15) is 31.2 Å². The number of rotatable bonds is 13. The third-order valence-corrected chi connectivity index (χ3v) is 9.25. The maximum absolute atomic E-state index is 14.4. The number of sulfonamides is 1. The lowest BCUT2D eigenvalue weighted by molar-refractivity contribution is -0.140. The van der Waals surface area contributed by atoms with Gasteiger partial charge in [-0.15, -0.1) is 0 Å². The van der Waals surface area contributed by atoms with Crippen LogP contribution in [0.4, 0.5) is 18.9 Å². The number of nitrogens with one attached hydrogen (secondary N) is 1. The van der Waals surface area contributed by atoms with Crippen LogP contribution in [0, 0.1) is 6.92 Å². The van der Waals surface area contributed by atoms with Crippen LogP contribution in [0.1, 0.15) is 29.2 Å². The lowest BCUT2D eigenvalue weighted by Gasteiger charge is -2.34. The Bertz CT molecular complexity index is 1780. The first-order valence-corrected chi connectivity index (χ1v) is 16.3. The van der Waals surface area contributed by atoms with Crippen molar-refractivity contribution < 1.29 is 35.9 Å². The van der Waals surface area contributed by atoms with Gasteiger partial charge >= 0.3 is 6.18 Å². The average molecular weight is 668 g/mol. The van der Waals surface area contributed by atoms with Crippen LogP contribution in [0.15, 0.2) is 108 Å². The van der Waals surface area contributed by atoms with Gasteiger partial charge in [-0.05, 0) is 67.4 Å². The summed E-state index contributed by atoms with van der Waals surface area (Å²) < 4.78 is 75.5. The van der Waals surface area contributed by atoms with Gasteiger partial charge in [-0.2, -0.15) is 13.2 Å². The molecule has 12 heteroatoms. The van der Waals surface area contributed by atoms with E-state index in [1.807, 2.05) is 6.07 Å². The van der Waals surface area contributed by atoms with Gasteiger partial charge < -0.3 is 15.0 Å². The molecule has 248 valence electrons. The van der Waals surface area contributed by atoms with Gasteiger partial charge in [0.15, 0.2) is 0 Å². The Labute approximate surface area is 272 Å². The molecule has 0 saturated carbocycles. The molecule has 0 aliphatic rings. The van der Waals surface area contributed by atoms with Crippen LogP contribution < -0.4 is 14.4 Å². The van der Waals surface area contributed by atoms with Gasteiger partial charge in [0.2, 0.25) is 11.8 Å². The number of alkyl halides is 3. The Kier molecular flexibility index (Phi) is 11.3. The summed E-state index contributed by atoms with van der Waals surface area (Å²) in [6.07, 6.45) is -4.67. The molecule has 2 amide bonds. The molecule has 8 nitrogen and oxygen atoms in total. The summed E-state index contributed by atoms with van der Waals surface area (Å²) in [6, 6.07) is 24.3. The summed E-state index contributed by atoms with van der Waals surface area (Å²) >= 11 is 0. The van der Waals surface area contributed by atoms with Crippen molar-refractivity contribution in [1.29, 1.82) is 0 Å². The topological polar surface area (TPSA) is 96.0 Å². The second-order valence-electron chi connectivity index (χ2n) is 10.8. The van der Waals surface area contributed by atoms with Crippen molar-refractivity contribution in [3.63, 3.8) is 0 Å². The highest BCUT2D eigenvalue weighted by Crippen LogP contribution is 2.33. The zero-order chi connectivity index (χ0) is 34.2. The van der Waals surface area contributed by atoms with Crippen LogP contribution in [-0.4, -0.2) is 51.4 Å². The minimum absolute atomic E-state index is 0.0939. The van der Waals surface area contributed by atoms with Crippen molar-refractivity contribution in [2.75, 3.05) is 24.5 Å². The number of carbonyl (C=O) groups is 2. The van der Waals surface area contributed by atoms with Crippen LogP contribution >= 0.6 is 0 Å². The first-order valence-electron chi connectivity index (χ1n) is 14.8. The highest BCUT2D eigenvalue weighted by molar-refractivity contribution is 7.92. The summed E-state index contributed by atoms with van der Waals surface area (Å²) in [4.78, 5) is 29.1. The maximum atomic E-state index is 14.4. The van der Waals surface area contributed by atoms with Crippen molar-refractivity contribution in [2.45, 2.75) is 43.9 Å². The number of hydrogen-bond acceptors (Lipinski definition) is 5. The normalized spacial score (nSPS) is 12.2. The van der Waals surface area contributed by atoms with Crippen LogP contribution in [0.3, 0.4) is 0 Å². The van der Waals surface area contributed by atoms with Crippen LogP contribution in [0.2, 0.25) is 0 Å². The van der Waals surface area contributed by atoms with Gasteiger partial charge in [-0.3, -0.25) is 13.9 Å². The maximum Gasteiger partial charge on any atom is 0.416 e. The first-order chi connectivity index (χ1) is 22.3. The van der Waals surface area contributed by atoms with Gasteiger partial charge in [-0.1, -0.05) is 66.2 Å². The molecule has 4 aromatic rings. The molecule has 4 aromatic carbocycles. The second-order valence-corrected chi connectivity index (χ2v) is 12.7. The van der Waals surface area contributed by atoms with Crippen molar-refractivity contribution in [2.24, 2.45) is 0 Å². The molecule has 0 spiro atoms. The molecular formula is C35H36F3N3O5S. The molecule has 0 aliphatic carbocycles. The third kappa shape index (κ3) is 8.91. The number of halogens is 3. The second kappa shape index (κ2) is 15.2. The van der Waals surface area contributed by atoms with E-state index in [0.717, 1.165) is 23.3 Å². The molecule has 0 saturated heterocycles. The number of methoxy groups -OCH3 is 1. The summed E-state index contributed by atoms with van der Waals surface area (Å²) in [7, 11) is -3.08. The Morgan fingerprint density at radius 1 is 0.872 bits per heavy atom. The van der Waals surface area contributed by atoms with Gasteiger partial charge in [0.05, 0.1) is 23.3 Å². The third-order valence-electron chi connectivity index (χ3n) is 7.46. The Morgan fingerprint density at radius 2 is 1.53 bits per heavy atom. The minimum atomic E-state index is -4.77. The monoisotopic (exact) mass is 667 g/mol. The number of hydrogen-bond donors (Lipinski definition) is 1. The number of benzene rings is 4. The molecule has 0 aromatic heterocycles. The first kappa shape index (κ1) is 35.0. The smallest absolute Gasteiger partial charge is 0.416 e. The number of aryl methyl sites for hydroxylation is 1. The quantitative estimate of drug-likeness (QED) is 0.189. The van der Waals surface area contributed by atoms with E-state index in [-0.39, 0.29) is 30.1 Å². The van der Waals surface area contributed by atoms with Gasteiger partial charge in [0, 0.05) is 19.5 Å². The number of likely N-dealkylation sites (N-methyl/N-ethyl adjacent to an activating group) is 1. The van der Waals surface area contributed by atoms with Crippen molar-refractivity contribution in [1.82, 2.24) is 10.2 Å². The highest BCUT2D eigenvalue weighted by Gasteiger charge is 2.36. The standard InChI is InChI=1S/C35H36F3N3O5S/c1-4-39-34(43)32(21-26-10-6-5-7-11-26)40(23-27-12-8-15-30(20-27)46-3)33(42)24-41(29-14-9-13-28(22-29)35(36,37)38)47(44,45)31-18-16-25(2)17-19-31/h5-20,22,32H,4,21,23-24H2,1-3H3,(H,39,43). The molecule has 1 unspecified atom stereocenters. The minimum Gasteiger partial charge on any atom is -0.497 e. The van der Waals surface area contributed by atoms with E-state index in [1.165, 1.54) is 30.2 Å². The van der Waals surface area contributed by atoms with E-state index in [4.69, 9.17) is 4.74 Å². The molecule has 1 N–H and O–H groups in total. The molecular weight excluding hydrogens is 631 g/mol. The number of nitrogens with zero attached hydrogens (tertiary/aromatic N) is 2. The van der Waals surface area contributed by atoms with E-state index in [0.29, 0.717) is 21.7 Å². The Hall–Kier alpha value is -4.84. The van der Waals surface area contributed by atoms with E-state index in [1.54, 1.807) is 74.5 Å². The Balaban J connectivity index is 1.84. The zero-order valence-corrected chi connectivity index (χ0v) is 27.0. The van der Waals surface area contributed by atoms with Crippen LogP contribution in [0.25, 0.3) is 0 Å². The lowest BCUT2D eigenvalue weighted by Crippen LogP contribution is -2.53. The SMILES string of the molecule is CCNC(=O)C(Cc1ccccc1)N(Cc1cccc(OC)c1)C(=O)CN(c1cccc(C(F)(F)F)c1)S(=O)(=O)c1ccc(C)cc1. The van der Waals surface area contributed by atoms with Gasteiger partial charge in [0.1, 0.15) is 18.3 Å². The van der Waals surface area contributed by atoms with E-state index >= 15 is 0 Å². The zero-order valence-electron chi connectivity index (χ0n) is 26.2. The summed E-state index contributed by atoms with van der Waals surface area (Å²) in [5, 5.41) is 2.77. The van der Waals surface area contributed by atoms with Crippen molar-refractivity contribution in [3.05, 3.63) is 125 Å². The molecule has 0 fully saturated rings. The largest absolute Gasteiger partial charge is 0.497 e. The number of amides is 2. The summed E-state index contributed by atoms with van der Waals surface area (Å²) in [5.74, 6) is -0.771. The highest BCUT2D eigenvalue weighted by atomic mass is 32.2. The number of ether oxygens (including phenoxy) is 1. The molecule has 0 aliphatic heterocycles. The van der Waals surface area contributed by atoms with Crippen molar-refractivity contribution in [3.8, 4) is 5.75 Å². The van der Waals surface area contributed by atoms with Crippen LogP contribution in [-0.2, 0) is 38.8 Å². The van der Waals surface area contributed by atoms with Crippen LogP contribution in [0.5, 0.6) is 5.75 Å². The van der Waals surface area contributed by atoms with Gasteiger partial charge in [0.25, 0.3) is 10.0 Å². The summed E-state index contributed by atoms with van der Waals surface area (Å²) in [5.41, 5.74) is 0.666. The predicted molar refractivity (Wildman–Crippen MR) is 173 cm³/mol. The molecule has 0 radical (unpaired) electrons. The lowest BCUT2D eigenvalue weighted by atomic mass is 10.0. The van der Waals surface area contributed by atoms with E-state index < -0.39 is 46.2 Å². The summed E-state index contributed by atoms with van der Waals surface area (Å²) in [6.45, 7) is 2.76. The average Bonchev–Trinajstić information content (AvgIpc) is 3.05. The molecule has 1 atom stereocenters. The van der Waals surface area contributed by atoms with Crippen molar-refractivity contribution >= 4 is 27.5 Å². The molecule has 4 rings (SSSR count).